The molecular formula is C14H17ClFN3. The maximum atomic E-state index is 13.4. The van der Waals surface area contributed by atoms with Gasteiger partial charge in [0.2, 0.25) is 0 Å². The number of halogens is 2. The molecule has 0 atom stereocenters. The fourth-order valence-electron chi connectivity index (χ4n) is 1.93. The van der Waals surface area contributed by atoms with Crippen LogP contribution in [0.4, 0.5) is 4.39 Å². The number of hydrogen-bond donors (Lipinski definition) is 2. The fraction of sp³-hybridized carbons (Fsp3) is 0.357. The van der Waals surface area contributed by atoms with Crippen molar-refractivity contribution in [1.29, 1.82) is 0 Å². The van der Waals surface area contributed by atoms with Crippen molar-refractivity contribution in [2.45, 2.75) is 26.3 Å². The minimum Gasteiger partial charge on any atom is -0.313 e. The number of nitrogens with one attached hydrogen (secondary N) is 2. The zero-order valence-electron chi connectivity index (χ0n) is 10.8. The summed E-state index contributed by atoms with van der Waals surface area (Å²) < 4.78 is 13.4. The Balaban J connectivity index is 1.72. The van der Waals surface area contributed by atoms with Crippen LogP contribution in [0.3, 0.4) is 0 Å². The second-order valence-corrected chi connectivity index (χ2v) is 4.97. The molecule has 0 radical (unpaired) electrons. The first-order chi connectivity index (χ1) is 9.16. The van der Waals surface area contributed by atoms with Crippen molar-refractivity contribution in [2.24, 2.45) is 0 Å². The Kier molecular flexibility index (Phi) is 4.93. The zero-order chi connectivity index (χ0) is 13.7. The molecule has 2 N–H and O–H groups in total. The van der Waals surface area contributed by atoms with E-state index in [9.17, 15) is 4.39 Å². The normalized spacial score (nSPS) is 10.9. The summed E-state index contributed by atoms with van der Waals surface area (Å²) in [6, 6.07) is 4.61. The van der Waals surface area contributed by atoms with Gasteiger partial charge in [-0.2, -0.15) is 5.10 Å². The van der Waals surface area contributed by atoms with Crippen LogP contribution in [0.1, 0.15) is 23.2 Å². The first kappa shape index (κ1) is 14.0. The van der Waals surface area contributed by atoms with Crippen molar-refractivity contribution < 1.29 is 4.39 Å². The van der Waals surface area contributed by atoms with Crippen molar-refractivity contribution >= 4 is 11.6 Å². The molecule has 2 aromatic rings. The van der Waals surface area contributed by atoms with Crippen LogP contribution in [-0.2, 0) is 13.0 Å². The summed E-state index contributed by atoms with van der Waals surface area (Å²) in [4.78, 5) is 0. The van der Waals surface area contributed by atoms with Crippen molar-refractivity contribution in [3.63, 3.8) is 0 Å². The lowest BCUT2D eigenvalue weighted by Gasteiger charge is -2.06. The molecule has 0 saturated heterocycles. The molecule has 0 bridgehead atoms. The van der Waals surface area contributed by atoms with Crippen molar-refractivity contribution in [3.8, 4) is 0 Å². The highest BCUT2D eigenvalue weighted by atomic mass is 35.5. The second-order valence-electron chi connectivity index (χ2n) is 4.54. The summed E-state index contributed by atoms with van der Waals surface area (Å²) in [5, 5.41) is 10.7. The van der Waals surface area contributed by atoms with E-state index in [0.29, 0.717) is 17.1 Å². The quantitative estimate of drug-likeness (QED) is 0.798. The first-order valence-electron chi connectivity index (χ1n) is 6.30. The largest absolute Gasteiger partial charge is 0.313 e. The fourth-order valence-corrected chi connectivity index (χ4v) is 2.13. The van der Waals surface area contributed by atoms with Gasteiger partial charge in [0.25, 0.3) is 0 Å². The predicted molar refractivity (Wildman–Crippen MR) is 74.8 cm³/mol. The Morgan fingerprint density at radius 1 is 1.37 bits per heavy atom. The topological polar surface area (TPSA) is 40.7 Å². The second kappa shape index (κ2) is 6.68. The van der Waals surface area contributed by atoms with Crippen LogP contribution in [0.25, 0.3) is 0 Å². The summed E-state index contributed by atoms with van der Waals surface area (Å²) >= 11 is 5.84. The van der Waals surface area contributed by atoms with Crippen LogP contribution in [0.5, 0.6) is 0 Å². The number of aromatic amines is 1. The van der Waals surface area contributed by atoms with E-state index >= 15 is 0 Å². The Hall–Kier alpha value is -1.39. The van der Waals surface area contributed by atoms with Gasteiger partial charge in [-0.25, -0.2) is 4.39 Å². The van der Waals surface area contributed by atoms with E-state index in [1.807, 2.05) is 13.1 Å². The molecule has 1 aromatic heterocycles. The van der Waals surface area contributed by atoms with Crippen LogP contribution in [0.2, 0.25) is 5.02 Å². The molecule has 0 aliphatic heterocycles. The first-order valence-corrected chi connectivity index (χ1v) is 6.68. The van der Waals surface area contributed by atoms with E-state index in [2.05, 4.69) is 15.5 Å². The molecule has 3 nitrogen and oxygen atoms in total. The number of benzene rings is 1. The SMILES string of the molecule is Cc1[nH]ncc1CCCNCc1cc(Cl)ccc1F. The van der Waals surface area contributed by atoms with Gasteiger partial charge in [-0.1, -0.05) is 11.6 Å². The van der Waals surface area contributed by atoms with Gasteiger partial charge in [-0.05, 0) is 50.1 Å². The van der Waals surface area contributed by atoms with E-state index in [1.165, 1.54) is 11.6 Å². The Morgan fingerprint density at radius 2 is 2.21 bits per heavy atom. The van der Waals surface area contributed by atoms with Gasteiger partial charge >= 0.3 is 0 Å². The third-order valence-electron chi connectivity index (χ3n) is 3.06. The summed E-state index contributed by atoms with van der Waals surface area (Å²) in [6.45, 7) is 3.34. The molecule has 0 aliphatic carbocycles. The third-order valence-corrected chi connectivity index (χ3v) is 3.29. The van der Waals surface area contributed by atoms with Crippen LogP contribution in [0, 0.1) is 12.7 Å². The molecule has 0 unspecified atom stereocenters. The monoisotopic (exact) mass is 281 g/mol. The number of rotatable bonds is 6. The maximum Gasteiger partial charge on any atom is 0.127 e. The van der Waals surface area contributed by atoms with E-state index in [0.717, 1.165) is 25.1 Å². The minimum absolute atomic E-state index is 0.220. The molecule has 1 heterocycles. The third kappa shape index (κ3) is 4.04. The van der Waals surface area contributed by atoms with Crippen LogP contribution in [0.15, 0.2) is 24.4 Å². The van der Waals surface area contributed by atoms with Crippen LogP contribution >= 0.6 is 11.6 Å². The molecule has 2 rings (SSSR count). The molecule has 0 spiro atoms. The van der Waals surface area contributed by atoms with Gasteiger partial charge in [-0.3, -0.25) is 5.10 Å². The minimum atomic E-state index is -0.220. The van der Waals surface area contributed by atoms with E-state index in [1.54, 1.807) is 12.1 Å². The van der Waals surface area contributed by atoms with Crippen molar-refractivity contribution in [2.75, 3.05) is 6.54 Å². The number of aromatic nitrogens is 2. The summed E-state index contributed by atoms with van der Waals surface area (Å²) in [5.74, 6) is -0.220. The van der Waals surface area contributed by atoms with Gasteiger partial charge in [0.1, 0.15) is 5.82 Å². The molecule has 0 amide bonds. The Morgan fingerprint density at radius 3 is 2.95 bits per heavy atom. The van der Waals surface area contributed by atoms with Crippen molar-refractivity contribution in [3.05, 3.63) is 52.1 Å². The lowest BCUT2D eigenvalue weighted by molar-refractivity contribution is 0.581. The van der Waals surface area contributed by atoms with Gasteiger partial charge in [0.15, 0.2) is 0 Å². The highest BCUT2D eigenvalue weighted by Crippen LogP contribution is 2.14. The van der Waals surface area contributed by atoms with E-state index in [4.69, 9.17) is 11.6 Å². The molecule has 0 fully saturated rings. The Labute approximate surface area is 117 Å². The molecule has 19 heavy (non-hydrogen) atoms. The van der Waals surface area contributed by atoms with E-state index < -0.39 is 0 Å². The molecule has 0 saturated carbocycles. The van der Waals surface area contributed by atoms with E-state index in [-0.39, 0.29) is 5.82 Å². The van der Waals surface area contributed by atoms with Crippen LogP contribution in [-0.4, -0.2) is 16.7 Å². The van der Waals surface area contributed by atoms with Gasteiger partial charge < -0.3 is 5.32 Å². The smallest absolute Gasteiger partial charge is 0.127 e. The lowest BCUT2D eigenvalue weighted by atomic mass is 10.1. The van der Waals surface area contributed by atoms with Gasteiger partial charge in [-0.15, -0.1) is 0 Å². The number of H-pyrrole nitrogens is 1. The highest BCUT2D eigenvalue weighted by molar-refractivity contribution is 6.30. The standard InChI is InChI=1S/C14H17ClFN3/c1-10-11(9-18-19-10)3-2-6-17-8-12-7-13(15)4-5-14(12)16/h4-5,7,9,17H,2-3,6,8H2,1H3,(H,18,19). The average molecular weight is 282 g/mol. The average Bonchev–Trinajstić information content (AvgIpc) is 2.79. The van der Waals surface area contributed by atoms with Gasteiger partial charge in [0, 0.05) is 22.8 Å². The van der Waals surface area contributed by atoms with Crippen LogP contribution < -0.4 is 5.32 Å². The highest BCUT2D eigenvalue weighted by Gasteiger charge is 2.03. The zero-order valence-corrected chi connectivity index (χ0v) is 11.6. The summed E-state index contributed by atoms with van der Waals surface area (Å²) in [7, 11) is 0. The van der Waals surface area contributed by atoms with Crippen molar-refractivity contribution in [1.82, 2.24) is 15.5 Å². The number of hydrogen-bond acceptors (Lipinski definition) is 2. The number of aryl methyl sites for hydroxylation is 2. The number of nitrogens with zero attached hydrogens (tertiary/aromatic N) is 1. The molecule has 0 aliphatic rings. The molecule has 102 valence electrons. The molecule has 5 heteroatoms. The maximum absolute atomic E-state index is 13.4. The molecule has 1 aromatic carbocycles. The van der Waals surface area contributed by atoms with Gasteiger partial charge in [0.05, 0.1) is 6.20 Å². The Bertz CT molecular complexity index is 539. The predicted octanol–water partition coefficient (Wildman–Crippen LogP) is 3.23. The molecular weight excluding hydrogens is 265 g/mol. The lowest BCUT2D eigenvalue weighted by Crippen LogP contribution is -2.16. The summed E-state index contributed by atoms with van der Waals surface area (Å²) in [5.41, 5.74) is 2.95. The summed E-state index contributed by atoms with van der Waals surface area (Å²) in [6.07, 6.45) is 3.81.